The van der Waals surface area contributed by atoms with Gasteiger partial charge in [0.25, 0.3) is 5.91 Å². The van der Waals surface area contributed by atoms with E-state index >= 15 is 0 Å². The maximum Gasteiger partial charge on any atom is 0.414 e. The van der Waals surface area contributed by atoms with Crippen molar-refractivity contribution >= 4 is 23.0 Å². The van der Waals surface area contributed by atoms with E-state index in [0.29, 0.717) is 11.0 Å². The fraction of sp³-hybridized carbons (Fsp3) is 0.118. The van der Waals surface area contributed by atoms with Gasteiger partial charge in [-0.2, -0.15) is 0 Å². The summed E-state index contributed by atoms with van der Waals surface area (Å²) < 4.78 is 14.8. The van der Waals surface area contributed by atoms with Crippen LogP contribution in [0.2, 0.25) is 0 Å². The zero-order chi connectivity index (χ0) is 17.1. The van der Waals surface area contributed by atoms with Gasteiger partial charge in [-0.25, -0.2) is 9.59 Å². The van der Waals surface area contributed by atoms with Gasteiger partial charge in [0.05, 0.1) is 19.1 Å². The molecular formula is C17H13NO6. The molecule has 0 saturated heterocycles. The molecule has 122 valence electrons. The highest BCUT2D eigenvalue weighted by Gasteiger charge is 2.17. The van der Waals surface area contributed by atoms with Crippen LogP contribution in [0.3, 0.4) is 0 Å². The van der Waals surface area contributed by atoms with E-state index in [-0.39, 0.29) is 12.2 Å². The first kappa shape index (κ1) is 15.5. The number of fused-ring (bicyclic) bond motifs is 1. The lowest BCUT2D eigenvalue weighted by Gasteiger charge is -2.05. The number of alkyl carbamates (subject to hydrolysis) is 1. The Morgan fingerprint density at radius 1 is 1.17 bits per heavy atom. The molecular weight excluding hydrogens is 314 g/mol. The third-order valence-electron chi connectivity index (χ3n) is 3.32. The third kappa shape index (κ3) is 3.05. The molecule has 2 heterocycles. The molecule has 0 fully saturated rings. The minimum Gasteiger partial charge on any atom is -0.472 e. The van der Waals surface area contributed by atoms with Gasteiger partial charge in [-0.3, -0.25) is 10.1 Å². The highest BCUT2D eigenvalue weighted by atomic mass is 16.5. The van der Waals surface area contributed by atoms with Crippen LogP contribution in [0.5, 0.6) is 0 Å². The summed E-state index contributed by atoms with van der Waals surface area (Å²) >= 11 is 0. The molecule has 0 aliphatic carbocycles. The third-order valence-corrected chi connectivity index (χ3v) is 3.32. The van der Waals surface area contributed by atoms with Crippen molar-refractivity contribution in [2.24, 2.45) is 0 Å². The van der Waals surface area contributed by atoms with Gasteiger partial charge in [-0.15, -0.1) is 0 Å². The van der Waals surface area contributed by atoms with E-state index in [1.807, 2.05) is 5.32 Å². The maximum absolute atomic E-state index is 12.0. The summed E-state index contributed by atoms with van der Waals surface area (Å²) in [5.41, 5.74) is 0.905. The molecule has 0 atom stereocenters. The molecule has 0 aliphatic heterocycles. The number of rotatable bonds is 3. The van der Waals surface area contributed by atoms with Gasteiger partial charge >= 0.3 is 11.7 Å². The van der Waals surface area contributed by atoms with Crippen molar-refractivity contribution in [2.45, 2.75) is 6.92 Å². The SMILES string of the molecule is CCOC(=O)NC(=O)c1cc2cc(-c3ccoc3)ccc2oc1=O. The smallest absolute Gasteiger partial charge is 0.414 e. The second-order valence-corrected chi connectivity index (χ2v) is 4.89. The van der Waals surface area contributed by atoms with Gasteiger partial charge in [-0.1, -0.05) is 6.07 Å². The van der Waals surface area contributed by atoms with Crippen molar-refractivity contribution in [3.8, 4) is 11.1 Å². The topological polar surface area (TPSA) is 98.8 Å². The molecule has 7 nitrogen and oxygen atoms in total. The molecule has 2 aromatic heterocycles. The van der Waals surface area contributed by atoms with Gasteiger partial charge in [0.1, 0.15) is 11.1 Å². The zero-order valence-corrected chi connectivity index (χ0v) is 12.7. The van der Waals surface area contributed by atoms with E-state index in [1.54, 1.807) is 43.7 Å². The van der Waals surface area contributed by atoms with Crippen molar-refractivity contribution in [1.29, 1.82) is 0 Å². The molecule has 0 radical (unpaired) electrons. The molecule has 3 aromatic rings. The second-order valence-electron chi connectivity index (χ2n) is 4.89. The van der Waals surface area contributed by atoms with Crippen molar-refractivity contribution in [3.63, 3.8) is 0 Å². The first-order valence-electron chi connectivity index (χ1n) is 7.17. The number of carbonyl (C=O) groups excluding carboxylic acids is 2. The molecule has 7 heteroatoms. The predicted molar refractivity (Wildman–Crippen MR) is 84.7 cm³/mol. The lowest BCUT2D eigenvalue weighted by atomic mass is 10.1. The molecule has 0 spiro atoms. The van der Waals surface area contributed by atoms with Gasteiger partial charge in [0.2, 0.25) is 0 Å². The standard InChI is InChI=1S/C17H13NO6/c1-2-23-17(21)18-15(19)13-8-12-7-10(11-5-6-22-9-11)3-4-14(12)24-16(13)20/h3-9H,2H2,1H3,(H,18,19,21). The number of amides is 2. The van der Waals surface area contributed by atoms with E-state index in [4.69, 9.17) is 8.83 Å². The van der Waals surface area contributed by atoms with E-state index in [9.17, 15) is 14.4 Å². The summed E-state index contributed by atoms with van der Waals surface area (Å²) in [5.74, 6) is -0.877. The molecule has 24 heavy (non-hydrogen) atoms. The Morgan fingerprint density at radius 3 is 2.71 bits per heavy atom. The largest absolute Gasteiger partial charge is 0.472 e. The quantitative estimate of drug-likeness (QED) is 0.743. The second kappa shape index (κ2) is 6.41. The lowest BCUT2D eigenvalue weighted by Crippen LogP contribution is -2.33. The summed E-state index contributed by atoms with van der Waals surface area (Å²) in [6, 6.07) is 8.32. The fourth-order valence-corrected chi connectivity index (χ4v) is 2.22. The number of carbonyl (C=O) groups is 2. The Labute approximate surface area is 135 Å². The molecule has 0 unspecified atom stereocenters. The molecule has 0 aliphatic rings. The van der Waals surface area contributed by atoms with Crippen LogP contribution >= 0.6 is 0 Å². The number of benzene rings is 1. The van der Waals surface area contributed by atoms with Crippen LogP contribution in [-0.4, -0.2) is 18.6 Å². The minimum atomic E-state index is -0.922. The molecule has 1 N–H and O–H groups in total. The van der Waals surface area contributed by atoms with E-state index < -0.39 is 17.6 Å². The van der Waals surface area contributed by atoms with Crippen LogP contribution in [-0.2, 0) is 4.74 Å². The van der Waals surface area contributed by atoms with E-state index in [2.05, 4.69) is 4.74 Å². The fourth-order valence-electron chi connectivity index (χ4n) is 2.22. The van der Waals surface area contributed by atoms with Crippen molar-refractivity contribution < 1.29 is 23.2 Å². The van der Waals surface area contributed by atoms with E-state index in [1.165, 1.54) is 6.07 Å². The number of nitrogens with one attached hydrogen (secondary N) is 1. The molecule has 1 aromatic carbocycles. The zero-order valence-electron chi connectivity index (χ0n) is 12.7. The summed E-state index contributed by atoms with van der Waals surface area (Å²) in [6.45, 7) is 1.71. The lowest BCUT2D eigenvalue weighted by molar-refractivity contribution is 0.0921. The van der Waals surface area contributed by atoms with Crippen LogP contribution in [0.1, 0.15) is 17.3 Å². The number of ether oxygens (including phenoxy) is 1. The van der Waals surface area contributed by atoms with Gasteiger partial charge in [-0.05, 0) is 36.8 Å². The highest BCUT2D eigenvalue weighted by Crippen LogP contribution is 2.24. The van der Waals surface area contributed by atoms with E-state index in [0.717, 1.165) is 11.1 Å². The average Bonchev–Trinajstić information content (AvgIpc) is 3.08. The van der Waals surface area contributed by atoms with Crippen LogP contribution in [0.4, 0.5) is 4.79 Å². The number of furan rings is 1. The van der Waals surface area contributed by atoms with Crippen LogP contribution < -0.4 is 10.9 Å². The maximum atomic E-state index is 12.0. The Morgan fingerprint density at radius 2 is 2.00 bits per heavy atom. The Balaban J connectivity index is 1.99. The van der Waals surface area contributed by atoms with Crippen LogP contribution in [0.25, 0.3) is 22.1 Å². The van der Waals surface area contributed by atoms with Crippen molar-refractivity contribution in [2.75, 3.05) is 6.61 Å². The summed E-state index contributed by atoms with van der Waals surface area (Å²) in [7, 11) is 0. The predicted octanol–water partition coefficient (Wildman–Crippen LogP) is 2.94. The average molecular weight is 327 g/mol. The first-order valence-corrected chi connectivity index (χ1v) is 7.17. The normalized spacial score (nSPS) is 10.5. The Kier molecular flexibility index (Phi) is 4.15. The summed E-state index contributed by atoms with van der Waals surface area (Å²) in [6.07, 6.45) is 2.20. The van der Waals surface area contributed by atoms with Crippen molar-refractivity contribution in [1.82, 2.24) is 5.32 Å². The first-order chi connectivity index (χ1) is 11.6. The Bertz CT molecular complexity index is 955. The highest BCUT2D eigenvalue weighted by molar-refractivity contribution is 6.04. The molecule has 0 bridgehead atoms. The van der Waals surface area contributed by atoms with Crippen molar-refractivity contribution in [3.05, 3.63) is 58.8 Å². The van der Waals surface area contributed by atoms with Gasteiger partial charge < -0.3 is 13.6 Å². The molecule has 2 amide bonds. The number of imide groups is 1. The molecule has 0 saturated carbocycles. The van der Waals surface area contributed by atoms with Gasteiger partial charge in [0, 0.05) is 10.9 Å². The van der Waals surface area contributed by atoms with Crippen LogP contribution in [0.15, 0.2) is 56.5 Å². The monoisotopic (exact) mass is 327 g/mol. The Hall–Kier alpha value is -3.35. The summed E-state index contributed by atoms with van der Waals surface area (Å²) in [4.78, 5) is 35.3. The number of hydrogen-bond donors (Lipinski definition) is 1. The minimum absolute atomic E-state index is 0.111. The molecule has 3 rings (SSSR count). The van der Waals surface area contributed by atoms with Gasteiger partial charge in [0.15, 0.2) is 0 Å². The summed E-state index contributed by atoms with van der Waals surface area (Å²) in [5, 5.41) is 2.51. The van der Waals surface area contributed by atoms with Crippen LogP contribution in [0, 0.1) is 0 Å². The number of hydrogen-bond acceptors (Lipinski definition) is 6.